The summed E-state index contributed by atoms with van der Waals surface area (Å²) in [6.07, 6.45) is 55.2. The maximum absolute atomic E-state index is 13.1. The molecule has 0 amide bonds. The summed E-state index contributed by atoms with van der Waals surface area (Å²) in [5, 5.41) is 10.6. The van der Waals surface area contributed by atoms with Crippen LogP contribution in [0.4, 0.5) is 0 Å². The van der Waals surface area contributed by atoms with Crippen LogP contribution in [0, 0.1) is 11.8 Å². The van der Waals surface area contributed by atoms with E-state index in [0.29, 0.717) is 25.7 Å². The molecule has 0 aliphatic heterocycles. The zero-order valence-corrected chi connectivity index (χ0v) is 63.8. The van der Waals surface area contributed by atoms with E-state index in [4.69, 9.17) is 37.0 Å². The summed E-state index contributed by atoms with van der Waals surface area (Å²) in [5.74, 6) is -0.554. The standard InChI is InChI=1S/C76H148O17P2/c1-7-9-11-13-15-17-19-21-30-36-42-48-54-60-75(80)92-71(64-86-73(78)58-52-46-40-34-28-20-18-16-14-12-10-8-2)66-90-94(82,83)88-62-70(77)63-89-95(84,85)91-67-72(93-76(81)61-55-49-43-37-31-25-23-27-33-39-45-51-57-69(5)6)65-87-74(79)59-53-47-41-35-29-24-22-26-32-38-44-50-56-68(3)4/h68-72,77H,7-67H2,1-6H3,(H,82,83)(H,84,85)/t70-,71+,72+/m0/s1. The number of hydrogen-bond acceptors (Lipinski definition) is 15. The van der Waals surface area contributed by atoms with Crippen LogP contribution in [0.15, 0.2) is 0 Å². The predicted octanol–water partition coefficient (Wildman–Crippen LogP) is 22.3. The summed E-state index contributed by atoms with van der Waals surface area (Å²) in [7, 11) is -9.91. The van der Waals surface area contributed by atoms with E-state index in [-0.39, 0.29) is 25.7 Å². The Morgan fingerprint density at radius 1 is 0.284 bits per heavy atom. The molecule has 0 bridgehead atoms. The van der Waals surface area contributed by atoms with Gasteiger partial charge in [0.2, 0.25) is 0 Å². The average molecular weight is 1400 g/mol. The fourth-order valence-electron chi connectivity index (χ4n) is 11.7. The van der Waals surface area contributed by atoms with E-state index in [0.717, 1.165) is 102 Å². The highest BCUT2D eigenvalue weighted by Gasteiger charge is 2.30. The number of hydrogen-bond donors (Lipinski definition) is 3. The van der Waals surface area contributed by atoms with Gasteiger partial charge >= 0.3 is 39.5 Å². The molecule has 17 nitrogen and oxygen atoms in total. The Morgan fingerprint density at radius 2 is 0.484 bits per heavy atom. The van der Waals surface area contributed by atoms with Crippen molar-refractivity contribution in [1.29, 1.82) is 0 Å². The van der Waals surface area contributed by atoms with E-state index < -0.39 is 97.5 Å². The van der Waals surface area contributed by atoms with Gasteiger partial charge in [-0.15, -0.1) is 0 Å². The lowest BCUT2D eigenvalue weighted by Crippen LogP contribution is -2.30. The molecule has 95 heavy (non-hydrogen) atoms. The van der Waals surface area contributed by atoms with Crippen molar-refractivity contribution in [1.82, 2.24) is 0 Å². The molecule has 0 fully saturated rings. The molecule has 2 unspecified atom stereocenters. The fraction of sp³-hybridized carbons (Fsp3) is 0.947. The van der Waals surface area contributed by atoms with E-state index in [9.17, 15) is 43.2 Å². The van der Waals surface area contributed by atoms with Crippen molar-refractivity contribution in [3.8, 4) is 0 Å². The third kappa shape index (κ3) is 70.3. The highest BCUT2D eigenvalue weighted by Crippen LogP contribution is 2.45. The first-order chi connectivity index (χ1) is 45.9. The first kappa shape index (κ1) is 93.1. The molecule has 0 heterocycles. The van der Waals surface area contributed by atoms with E-state index in [1.54, 1.807) is 0 Å². The smallest absolute Gasteiger partial charge is 0.462 e. The van der Waals surface area contributed by atoms with Gasteiger partial charge in [-0.3, -0.25) is 37.3 Å². The molecule has 5 atom stereocenters. The van der Waals surface area contributed by atoms with Crippen LogP contribution in [0.1, 0.15) is 395 Å². The third-order valence-corrected chi connectivity index (χ3v) is 19.6. The zero-order chi connectivity index (χ0) is 70.0. The lowest BCUT2D eigenvalue weighted by molar-refractivity contribution is -0.161. The Bertz CT molecular complexity index is 1840. The number of carbonyl (C=O) groups excluding carboxylic acids is 4. The number of esters is 4. The van der Waals surface area contributed by atoms with Gasteiger partial charge in [0.15, 0.2) is 12.2 Å². The van der Waals surface area contributed by atoms with E-state index in [1.165, 1.54) is 212 Å². The Labute approximate surface area is 581 Å². The van der Waals surface area contributed by atoms with Crippen LogP contribution in [-0.2, 0) is 65.4 Å². The summed E-state index contributed by atoms with van der Waals surface area (Å²) < 4.78 is 68.6. The minimum atomic E-state index is -4.96. The first-order valence-corrected chi connectivity index (χ1v) is 42.5. The molecular formula is C76H148O17P2. The summed E-state index contributed by atoms with van der Waals surface area (Å²) >= 11 is 0. The van der Waals surface area contributed by atoms with Crippen molar-refractivity contribution in [2.24, 2.45) is 11.8 Å². The van der Waals surface area contributed by atoms with Crippen LogP contribution in [0.2, 0.25) is 0 Å². The van der Waals surface area contributed by atoms with Gasteiger partial charge in [-0.2, -0.15) is 0 Å². The number of aliphatic hydroxyl groups excluding tert-OH is 1. The van der Waals surface area contributed by atoms with Crippen molar-refractivity contribution in [2.75, 3.05) is 39.6 Å². The molecule has 0 aromatic carbocycles. The molecule has 3 N–H and O–H groups in total. The average Bonchev–Trinajstić information content (AvgIpc) is 2.19. The molecule has 564 valence electrons. The molecule has 0 aromatic heterocycles. The molecule has 0 saturated heterocycles. The van der Waals surface area contributed by atoms with Crippen molar-refractivity contribution in [3.63, 3.8) is 0 Å². The number of unbranched alkanes of at least 4 members (excludes halogenated alkanes) is 45. The third-order valence-electron chi connectivity index (χ3n) is 17.7. The van der Waals surface area contributed by atoms with Crippen LogP contribution in [0.3, 0.4) is 0 Å². The number of phosphoric acid groups is 2. The second kappa shape index (κ2) is 67.9. The minimum absolute atomic E-state index is 0.107. The van der Waals surface area contributed by atoms with Gasteiger partial charge in [-0.05, 0) is 37.5 Å². The van der Waals surface area contributed by atoms with E-state index in [1.807, 2.05) is 0 Å². The normalized spacial score (nSPS) is 14.0. The number of ether oxygens (including phenoxy) is 4. The maximum Gasteiger partial charge on any atom is 0.472 e. The molecule has 0 radical (unpaired) electrons. The fourth-order valence-corrected chi connectivity index (χ4v) is 13.2. The Kier molecular flexibility index (Phi) is 66.5. The van der Waals surface area contributed by atoms with Gasteiger partial charge in [0.25, 0.3) is 0 Å². The number of aliphatic hydroxyl groups is 1. The van der Waals surface area contributed by atoms with E-state index >= 15 is 0 Å². The maximum atomic E-state index is 13.1. The predicted molar refractivity (Wildman–Crippen MR) is 386 cm³/mol. The second-order valence-electron chi connectivity index (χ2n) is 28.3. The van der Waals surface area contributed by atoms with Crippen molar-refractivity contribution in [2.45, 2.75) is 413 Å². The van der Waals surface area contributed by atoms with Gasteiger partial charge in [0.1, 0.15) is 19.3 Å². The number of rotatable bonds is 75. The molecule has 0 rings (SSSR count). The Morgan fingerprint density at radius 3 is 0.716 bits per heavy atom. The van der Waals surface area contributed by atoms with Gasteiger partial charge in [0.05, 0.1) is 26.4 Å². The Balaban J connectivity index is 5.26. The molecule has 0 spiro atoms. The zero-order valence-electron chi connectivity index (χ0n) is 62.0. The number of phosphoric ester groups is 2. The molecule has 0 aliphatic carbocycles. The van der Waals surface area contributed by atoms with Crippen molar-refractivity contribution in [3.05, 3.63) is 0 Å². The summed E-state index contributed by atoms with van der Waals surface area (Å²) in [6.45, 7) is 9.63. The summed E-state index contributed by atoms with van der Waals surface area (Å²) in [4.78, 5) is 72.8. The Hall–Kier alpha value is -1.94. The van der Waals surface area contributed by atoms with Gasteiger partial charge < -0.3 is 33.8 Å². The van der Waals surface area contributed by atoms with Crippen LogP contribution >= 0.6 is 15.6 Å². The largest absolute Gasteiger partial charge is 0.472 e. The first-order valence-electron chi connectivity index (χ1n) is 39.5. The van der Waals surface area contributed by atoms with Gasteiger partial charge in [-0.1, -0.05) is 343 Å². The number of carbonyl (C=O) groups is 4. The molecule has 0 saturated carbocycles. The summed E-state index contributed by atoms with van der Waals surface area (Å²) in [6, 6.07) is 0. The monoisotopic (exact) mass is 1400 g/mol. The van der Waals surface area contributed by atoms with Crippen LogP contribution < -0.4 is 0 Å². The van der Waals surface area contributed by atoms with Crippen LogP contribution in [-0.4, -0.2) is 96.7 Å². The van der Waals surface area contributed by atoms with Gasteiger partial charge in [0, 0.05) is 25.7 Å². The molecule has 0 aliphatic rings. The van der Waals surface area contributed by atoms with E-state index in [2.05, 4.69) is 41.5 Å². The summed E-state index contributed by atoms with van der Waals surface area (Å²) in [5.41, 5.74) is 0. The lowest BCUT2D eigenvalue weighted by atomic mass is 10.0. The molecule has 0 aromatic rings. The quantitative estimate of drug-likeness (QED) is 0.0222. The highest BCUT2D eigenvalue weighted by molar-refractivity contribution is 7.47. The highest BCUT2D eigenvalue weighted by atomic mass is 31.2. The second-order valence-corrected chi connectivity index (χ2v) is 31.3. The SMILES string of the molecule is CCCCCCCCCCCCCCCC(=O)O[C@H](COC(=O)CCCCCCCCCCCCCC)COP(=O)(O)OC[C@H](O)COP(=O)(O)OC[C@@H](COC(=O)CCCCCCCCCCCCCCC(C)C)OC(=O)CCCCCCCCCCCCCCC(C)C. The molecule has 19 heteroatoms. The lowest BCUT2D eigenvalue weighted by Gasteiger charge is -2.21. The topological polar surface area (TPSA) is 237 Å². The van der Waals surface area contributed by atoms with Crippen molar-refractivity contribution >= 4 is 39.5 Å². The van der Waals surface area contributed by atoms with Crippen molar-refractivity contribution < 1.29 is 80.2 Å². The molecular weight excluding hydrogens is 1250 g/mol. The minimum Gasteiger partial charge on any atom is -0.462 e. The van der Waals surface area contributed by atoms with Crippen LogP contribution in [0.5, 0.6) is 0 Å². The van der Waals surface area contributed by atoms with Gasteiger partial charge in [-0.25, -0.2) is 9.13 Å². The van der Waals surface area contributed by atoms with Crippen LogP contribution in [0.25, 0.3) is 0 Å².